The Bertz CT molecular complexity index is 441. The van der Waals surface area contributed by atoms with Crippen LogP contribution in [-0.4, -0.2) is 31.7 Å². The minimum absolute atomic E-state index is 0.0749. The molecule has 0 aliphatic carbocycles. The van der Waals surface area contributed by atoms with Crippen LogP contribution in [0.1, 0.15) is 12.5 Å². The summed E-state index contributed by atoms with van der Waals surface area (Å²) in [6.07, 6.45) is 0.613. The second-order valence-electron chi connectivity index (χ2n) is 4.41. The highest BCUT2D eigenvalue weighted by Gasteiger charge is 2.16. The number of halogens is 2. The Hall–Kier alpha value is -0.810. The number of amides is 1. The maximum Gasteiger partial charge on any atom is 0.239 e. The summed E-state index contributed by atoms with van der Waals surface area (Å²) in [4.78, 5) is 11.7. The molecule has 2 unspecified atom stereocenters. The topological polar surface area (TPSA) is 64.3 Å². The third kappa shape index (κ3) is 5.37. The lowest BCUT2D eigenvalue weighted by Crippen LogP contribution is -2.47. The molecule has 1 aromatic rings. The van der Waals surface area contributed by atoms with E-state index in [0.29, 0.717) is 16.5 Å². The van der Waals surface area contributed by atoms with E-state index in [9.17, 15) is 4.79 Å². The van der Waals surface area contributed by atoms with Gasteiger partial charge in [0.25, 0.3) is 0 Å². The van der Waals surface area contributed by atoms with Gasteiger partial charge in [0.1, 0.15) is 6.04 Å². The number of nitrogens with two attached hydrogens (primary N) is 1. The van der Waals surface area contributed by atoms with E-state index in [2.05, 4.69) is 5.32 Å². The van der Waals surface area contributed by atoms with Crippen LogP contribution in [0.2, 0.25) is 10.0 Å². The molecule has 0 aliphatic heterocycles. The van der Waals surface area contributed by atoms with E-state index in [1.165, 1.54) is 7.11 Å². The van der Waals surface area contributed by atoms with Gasteiger partial charge in [0, 0.05) is 23.2 Å². The molecule has 1 amide bonds. The van der Waals surface area contributed by atoms with E-state index in [1.807, 2.05) is 13.0 Å². The molecular formula is C13H18Cl2N2O2. The molecule has 0 saturated carbocycles. The summed E-state index contributed by atoms with van der Waals surface area (Å²) in [5.74, 6) is -0.237. The van der Waals surface area contributed by atoms with E-state index >= 15 is 0 Å². The van der Waals surface area contributed by atoms with Gasteiger partial charge in [-0.1, -0.05) is 29.3 Å². The van der Waals surface area contributed by atoms with Crippen LogP contribution in [0.15, 0.2) is 18.2 Å². The quantitative estimate of drug-likeness (QED) is 0.845. The molecule has 0 fully saturated rings. The van der Waals surface area contributed by atoms with Crippen LogP contribution in [-0.2, 0) is 16.0 Å². The SMILES string of the molecule is COCC(N)C(=O)NC(C)Cc1ccc(Cl)cc1Cl. The molecular weight excluding hydrogens is 287 g/mol. The fraction of sp³-hybridized carbons (Fsp3) is 0.462. The molecule has 0 spiro atoms. The third-order valence-electron chi connectivity index (χ3n) is 2.61. The second kappa shape index (κ2) is 7.70. The Labute approximate surface area is 123 Å². The number of methoxy groups -OCH3 is 1. The molecule has 0 aliphatic rings. The largest absolute Gasteiger partial charge is 0.383 e. The second-order valence-corrected chi connectivity index (χ2v) is 5.25. The van der Waals surface area contributed by atoms with Crippen molar-refractivity contribution in [3.63, 3.8) is 0 Å². The van der Waals surface area contributed by atoms with Crippen molar-refractivity contribution < 1.29 is 9.53 Å². The van der Waals surface area contributed by atoms with Gasteiger partial charge in [-0.05, 0) is 31.0 Å². The van der Waals surface area contributed by atoms with Gasteiger partial charge in [-0.15, -0.1) is 0 Å². The minimum Gasteiger partial charge on any atom is -0.383 e. The van der Waals surface area contributed by atoms with Crippen LogP contribution in [0.5, 0.6) is 0 Å². The zero-order valence-electron chi connectivity index (χ0n) is 11.0. The first-order valence-corrected chi connectivity index (χ1v) is 6.68. The van der Waals surface area contributed by atoms with Gasteiger partial charge in [-0.2, -0.15) is 0 Å². The van der Waals surface area contributed by atoms with Crippen molar-refractivity contribution in [1.29, 1.82) is 0 Å². The summed E-state index contributed by atoms with van der Waals surface area (Å²) < 4.78 is 4.84. The fourth-order valence-electron chi connectivity index (χ4n) is 1.67. The number of benzene rings is 1. The Balaban J connectivity index is 2.55. The van der Waals surface area contributed by atoms with Crippen molar-refractivity contribution in [2.24, 2.45) is 5.73 Å². The molecule has 1 aromatic carbocycles. The van der Waals surface area contributed by atoms with Crippen molar-refractivity contribution in [2.45, 2.75) is 25.4 Å². The van der Waals surface area contributed by atoms with Crippen LogP contribution < -0.4 is 11.1 Å². The molecule has 0 bridgehead atoms. The standard InChI is InChI=1S/C13H18Cl2N2O2/c1-8(17-13(18)12(16)7-19-2)5-9-3-4-10(14)6-11(9)15/h3-4,6,8,12H,5,7,16H2,1-2H3,(H,17,18). The average molecular weight is 305 g/mol. The van der Waals surface area contributed by atoms with Gasteiger partial charge in [0.2, 0.25) is 5.91 Å². The maximum atomic E-state index is 11.7. The van der Waals surface area contributed by atoms with Crippen molar-refractivity contribution in [3.8, 4) is 0 Å². The summed E-state index contributed by atoms with van der Waals surface area (Å²) in [7, 11) is 1.50. The van der Waals surface area contributed by atoms with Crippen molar-refractivity contribution in [3.05, 3.63) is 33.8 Å². The summed E-state index contributed by atoms with van der Waals surface area (Å²) in [6.45, 7) is 2.09. The highest BCUT2D eigenvalue weighted by Crippen LogP contribution is 2.22. The van der Waals surface area contributed by atoms with Gasteiger partial charge in [-0.3, -0.25) is 4.79 Å². The maximum absolute atomic E-state index is 11.7. The van der Waals surface area contributed by atoms with Gasteiger partial charge >= 0.3 is 0 Å². The number of ether oxygens (including phenoxy) is 1. The first kappa shape index (κ1) is 16.2. The van der Waals surface area contributed by atoms with Gasteiger partial charge < -0.3 is 15.8 Å². The Morgan fingerprint density at radius 1 is 1.47 bits per heavy atom. The van der Waals surface area contributed by atoms with Gasteiger partial charge in [-0.25, -0.2) is 0 Å². The van der Waals surface area contributed by atoms with Crippen LogP contribution >= 0.6 is 23.2 Å². The number of carbonyl (C=O) groups is 1. The molecule has 6 heteroatoms. The Kier molecular flexibility index (Phi) is 6.58. The van der Waals surface area contributed by atoms with E-state index in [1.54, 1.807) is 12.1 Å². The minimum atomic E-state index is -0.659. The van der Waals surface area contributed by atoms with Crippen molar-refractivity contribution >= 4 is 29.1 Å². The normalized spacial score (nSPS) is 13.9. The predicted octanol–water partition coefficient (Wildman–Crippen LogP) is 2.01. The van der Waals surface area contributed by atoms with Gasteiger partial charge in [0.15, 0.2) is 0 Å². The molecule has 106 valence electrons. The average Bonchev–Trinajstić information content (AvgIpc) is 2.33. The molecule has 2 atom stereocenters. The zero-order valence-corrected chi connectivity index (χ0v) is 12.5. The Morgan fingerprint density at radius 2 is 2.16 bits per heavy atom. The summed E-state index contributed by atoms with van der Waals surface area (Å²) in [6, 6.07) is 4.57. The van der Waals surface area contributed by atoms with Crippen LogP contribution in [0.3, 0.4) is 0 Å². The number of rotatable bonds is 6. The predicted molar refractivity (Wildman–Crippen MR) is 77.6 cm³/mol. The molecule has 19 heavy (non-hydrogen) atoms. The molecule has 4 nitrogen and oxygen atoms in total. The third-order valence-corrected chi connectivity index (χ3v) is 3.20. The molecule has 0 aromatic heterocycles. The molecule has 3 N–H and O–H groups in total. The highest BCUT2D eigenvalue weighted by molar-refractivity contribution is 6.35. The van der Waals surface area contributed by atoms with Crippen LogP contribution in [0.25, 0.3) is 0 Å². The summed E-state index contributed by atoms with van der Waals surface area (Å²) >= 11 is 11.9. The number of hydrogen-bond acceptors (Lipinski definition) is 3. The first-order valence-electron chi connectivity index (χ1n) is 5.93. The van der Waals surface area contributed by atoms with Crippen LogP contribution in [0.4, 0.5) is 0 Å². The monoisotopic (exact) mass is 304 g/mol. The van der Waals surface area contributed by atoms with E-state index in [0.717, 1.165) is 5.56 Å². The van der Waals surface area contributed by atoms with E-state index in [-0.39, 0.29) is 18.6 Å². The smallest absolute Gasteiger partial charge is 0.239 e. The zero-order chi connectivity index (χ0) is 14.4. The van der Waals surface area contributed by atoms with Crippen molar-refractivity contribution in [2.75, 3.05) is 13.7 Å². The lowest BCUT2D eigenvalue weighted by Gasteiger charge is -2.17. The van der Waals surface area contributed by atoms with E-state index < -0.39 is 6.04 Å². The summed E-state index contributed by atoms with van der Waals surface area (Å²) in [5, 5.41) is 4.00. The lowest BCUT2D eigenvalue weighted by atomic mass is 10.1. The molecule has 1 rings (SSSR count). The molecule has 0 saturated heterocycles. The lowest BCUT2D eigenvalue weighted by molar-refractivity contribution is -0.124. The van der Waals surface area contributed by atoms with Crippen molar-refractivity contribution in [1.82, 2.24) is 5.32 Å². The summed E-state index contributed by atoms with van der Waals surface area (Å²) in [5.41, 5.74) is 6.57. The first-order chi connectivity index (χ1) is 8.93. The highest BCUT2D eigenvalue weighted by atomic mass is 35.5. The number of carbonyl (C=O) groups excluding carboxylic acids is 1. The fourth-order valence-corrected chi connectivity index (χ4v) is 2.16. The Morgan fingerprint density at radius 3 is 2.74 bits per heavy atom. The van der Waals surface area contributed by atoms with E-state index in [4.69, 9.17) is 33.7 Å². The number of hydrogen-bond donors (Lipinski definition) is 2. The number of nitrogens with one attached hydrogen (secondary N) is 1. The molecule has 0 radical (unpaired) electrons. The van der Waals surface area contributed by atoms with Gasteiger partial charge in [0.05, 0.1) is 6.61 Å². The van der Waals surface area contributed by atoms with Crippen LogP contribution in [0, 0.1) is 0 Å². The molecule has 0 heterocycles.